The normalized spacial score (nSPS) is 19.5. The van der Waals surface area contributed by atoms with Crippen LogP contribution in [-0.2, 0) is 19.2 Å². The standard InChI is InChI=1S/C18H32N4O6/c1-15(23)11-19-3-7-21(13-17(25)26)9-5-20(12-16(2)24)6-10-22(8-4-19)14-18(27)28/h3-14H2,1-2H3,(H,25,26)(H,27,28). The zero-order chi connectivity index (χ0) is 21.1. The average molecular weight is 400 g/mol. The van der Waals surface area contributed by atoms with E-state index >= 15 is 0 Å². The Labute approximate surface area is 165 Å². The Morgan fingerprint density at radius 1 is 0.536 bits per heavy atom. The van der Waals surface area contributed by atoms with E-state index in [2.05, 4.69) is 0 Å². The highest BCUT2D eigenvalue weighted by atomic mass is 16.4. The predicted molar refractivity (Wildman–Crippen MR) is 102 cm³/mol. The predicted octanol–water partition coefficient (Wildman–Crippen LogP) is -1.44. The Morgan fingerprint density at radius 2 is 0.750 bits per heavy atom. The maximum atomic E-state index is 11.6. The Morgan fingerprint density at radius 3 is 0.929 bits per heavy atom. The van der Waals surface area contributed by atoms with Crippen LogP contribution in [0.4, 0.5) is 0 Å². The van der Waals surface area contributed by atoms with Crippen LogP contribution in [0.5, 0.6) is 0 Å². The van der Waals surface area contributed by atoms with Crippen LogP contribution in [0.25, 0.3) is 0 Å². The van der Waals surface area contributed by atoms with Crippen molar-refractivity contribution in [3.8, 4) is 0 Å². The number of hydrogen-bond donors (Lipinski definition) is 2. The molecule has 0 bridgehead atoms. The first-order valence-electron chi connectivity index (χ1n) is 9.47. The number of carbonyl (C=O) groups is 4. The van der Waals surface area contributed by atoms with Gasteiger partial charge in [0.2, 0.25) is 0 Å². The van der Waals surface area contributed by atoms with Crippen molar-refractivity contribution in [3.63, 3.8) is 0 Å². The number of nitrogens with zero attached hydrogens (tertiary/aromatic N) is 4. The molecule has 1 rings (SSSR count). The van der Waals surface area contributed by atoms with Crippen LogP contribution in [-0.4, -0.2) is 132 Å². The molecule has 2 N–H and O–H groups in total. The Balaban J connectivity index is 2.90. The van der Waals surface area contributed by atoms with Gasteiger partial charge in [-0.2, -0.15) is 0 Å². The Kier molecular flexibility index (Phi) is 10.8. The van der Waals surface area contributed by atoms with Crippen LogP contribution < -0.4 is 0 Å². The van der Waals surface area contributed by atoms with E-state index in [1.807, 2.05) is 9.80 Å². The summed E-state index contributed by atoms with van der Waals surface area (Å²) in [4.78, 5) is 52.9. The molecule has 0 aromatic carbocycles. The lowest BCUT2D eigenvalue weighted by molar-refractivity contribution is -0.139. The first-order valence-corrected chi connectivity index (χ1v) is 9.47. The zero-order valence-corrected chi connectivity index (χ0v) is 16.8. The van der Waals surface area contributed by atoms with E-state index in [-0.39, 0.29) is 37.7 Å². The van der Waals surface area contributed by atoms with Crippen LogP contribution in [0.3, 0.4) is 0 Å². The summed E-state index contributed by atoms with van der Waals surface area (Å²) in [5, 5.41) is 18.3. The molecule has 0 radical (unpaired) electrons. The van der Waals surface area contributed by atoms with Crippen molar-refractivity contribution >= 4 is 23.5 Å². The summed E-state index contributed by atoms with van der Waals surface area (Å²) < 4.78 is 0. The molecule has 1 aliphatic rings. The van der Waals surface area contributed by atoms with Gasteiger partial charge in [-0.15, -0.1) is 0 Å². The summed E-state index contributed by atoms with van der Waals surface area (Å²) in [6, 6.07) is 0. The van der Waals surface area contributed by atoms with E-state index in [0.717, 1.165) is 0 Å². The molecule has 0 amide bonds. The summed E-state index contributed by atoms with van der Waals surface area (Å²) >= 11 is 0. The minimum absolute atomic E-state index is 0.00861. The molecule has 160 valence electrons. The summed E-state index contributed by atoms with van der Waals surface area (Å²) in [6.07, 6.45) is 0. The molecule has 10 nitrogen and oxygen atoms in total. The van der Waals surface area contributed by atoms with Crippen molar-refractivity contribution in [1.82, 2.24) is 19.6 Å². The molecular weight excluding hydrogens is 368 g/mol. The fraction of sp³-hybridized carbons (Fsp3) is 0.778. The van der Waals surface area contributed by atoms with Gasteiger partial charge in [0.1, 0.15) is 11.6 Å². The SMILES string of the molecule is CC(=O)CN1CCN(CC(=O)O)CCN(CC(C)=O)CCN(CC(=O)O)CC1. The molecular formula is C18H32N4O6. The van der Waals surface area contributed by atoms with Crippen LogP contribution in [0.1, 0.15) is 13.8 Å². The van der Waals surface area contributed by atoms with E-state index in [4.69, 9.17) is 10.2 Å². The Hall–Kier alpha value is -1.88. The molecule has 0 spiro atoms. The molecule has 0 aromatic rings. The van der Waals surface area contributed by atoms with Gasteiger partial charge in [-0.1, -0.05) is 0 Å². The average Bonchev–Trinajstić information content (AvgIpc) is 2.55. The molecule has 10 heteroatoms. The largest absolute Gasteiger partial charge is 0.480 e. The van der Waals surface area contributed by atoms with Gasteiger partial charge < -0.3 is 10.2 Å². The number of Topliss-reactive ketones (excluding diaryl/α,β-unsaturated/α-hetero) is 2. The van der Waals surface area contributed by atoms with Crippen molar-refractivity contribution in [2.24, 2.45) is 0 Å². The smallest absolute Gasteiger partial charge is 0.317 e. The molecule has 1 heterocycles. The third-order valence-corrected chi connectivity index (χ3v) is 4.54. The highest BCUT2D eigenvalue weighted by molar-refractivity contribution is 5.78. The molecule has 0 aromatic heterocycles. The maximum Gasteiger partial charge on any atom is 0.317 e. The number of carboxylic acids is 2. The molecule has 0 aliphatic carbocycles. The van der Waals surface area contributed by atoms with Crippen molar-refractivity contribution in [2.45, 2.75) is 13.8 Å². The lowest BCUT2D eigenvalue weighted by Gasteiger charge is -2.33. The Bertz CT molecular complexity index is 444. The van der Waals surface area contributed by atoms with Gasteiger partial charge in [0.25, 0.3) is 0 Å². The molecule has 0 saturated carbocycles. The first kappa shape index (κ1) is 24.2. The topological polar surface area (TPSA) is 122 Å². The highest BCUT2D eigenvalue weighted by Gasteiger charge is 2.19. The minimum atomic E-state index is -0.920. The second kappa shape index (κ2) is 12.6. The van der Waals surface area contributed by atoms with E-state index in [1.54, 1.807) is 9.80 Å². The second-order valence-electron chi connectivity index (χ2n) is 7.30. The summed E-state index contributed by atoms with van der Waals surface area (Å²) in [7, 11) is 0. The molecule has 1 fully saturated rings. The van der Waals surface area contributed by atoms with Crippen molar-refractivity contribution in [1.29, 1.82) is 0 Å². The van der Waals surface area contributed by atoms with Gasteiger partial charge in [0.15, 0.2) is 0 Å². The van der Waals surface area contributed by atoms with Gasteiger partial charge in [0.05, 0.1) is 26.2 Å². The fourth-order valence-electron chi connectivity index (χ4n) is 3.22. The minimum Gasteiger partial charge on any atom is -0.480 e. The van der Waals surface area contributed by atoms with Crippen molar-refractivity contribution < 1.29 is 29.4 Å². The number of carboxylic acid groups (broad SMARTS) is 2. The van der Waals surface area contributed by atoms with Gasteiger partial charge in [-0.05, 0) is 13.8 Å². The lowest BCUT2D eigenvalue weighted by Crippen LogP contribution is -2.48. The first-order chi connectivity index (χ1) is 13.2. The number of aliphatic carboxylic acids is 2. The van der Waals surface area contributed by atoms with Crippen LogP contribution in [0, 0.1) is 0 Å². The fourth-order valence-corrected chi connectivity index (χ4v) is 3.22. The quantitative estimate of drug-likeness (QED) is 0.501. The third-order valence-electron chi connectivity index (χ3n) is 4.54. The monoisotopic (exact) mass is 400 g/mol. The van der Waals surface area contributed by atoms with Gasteiger partial charge >= 0.3 is 11.9 Å². The number of rotatable bonds is 8. The molecule has 1 aliphatic heterocycles. The third kappa shape index (κ3) is 11.1. The lowest BCUT2D eigenvalue weighted by atomic mass is 10.3. The van der Waals surface area contributed by atoms with Crippen LogP contribution in [0.2, 0.25) is 0 Å². The summed E-state index contributed by atoms with van der Waals surface area (Å²) in [5.41, 5.74) is 0. The number of ketones is 2. The van der Waals surface area contributed by atoms with Crippen LogP contribution in [0.15, 0.2) is 0 Å². The van der Waals surface area contributed by atoms with E-state index < -0.39 is 11.9 Å². The van der Waals surface area contributed by atoms with E-state index in [1.165, 1.54) is 13.8 Å². The van der Waals surface area contributed by atoms with Gasteiger partial charge in [-0.3, -0.25) is 38.8 Å². The van der Waals surface area contributed by atoms with E-state index in [9.17, 15) is 19.2 Å². The molecule has 0 atom stereocenters. The second-order valence-corrected chi connectivity index (χ2v) is 7.30. The van der Waals surface area contributed by atoms with Crippen molar-refractivity contribution in [3.05, 3.63) is 0 Å². The molecule has 1 saturated heterocycles. The highest BCUT2D eigenvalue weighted by Crippen LogP contribution is 2.01. The van der Waals surface area contributed by atoms with E-state index in [0.29, 0.717) is 52.4 Å². The molecule has 0 unspecified atom stereocenters. The number of carbonyl (C=O) groups excluding carboxylic acids is 2. The van der Waals surface area contributed by atoms with Crippen molar-refractivity contribution in [2.75, 3.05) is 78.5 Å². The van der Waals surface area contributed by atoms with Gasteiger partial charge in [-0.25, -0.2) is 0 Å². The van der Waals surface area contributed by atoms with Gasteiger partial charge in [0, 0.05) is 52.4 Å². The zero-order valence-electron chi connectivity index (χ0n) is 16.8. The molecule has 28 heavy (non-hydrogen) atoms. The maximum absolute atomic E-state index is 11.6. The summed E-state index contributed by atoms with van der Waals surface area (Å²) in [5.74, 6) is -1.82. The summed E-state index contributed by atoms with van der Waals surface area (Å²) in [6.45, 7) is 7.26. The number of hydrogen-bond acceptors (Lipinski definition) is 8. The van der Waals surface area contributed by atoms with Crippen LogP contribution >= 0.6 is 0 Å².